The van der Waals surface area contributed by atoms with E-state index in [0.29, 0.717) is 28.3 Å². The average Bonchev–Trinajstić information content (AvgIpc) is 2.98. The summed E-state index contributed by atoms with van der Waals surface area (Å²) in [6, 6.07) is 8.46. The molecule has 1 aliphatic heterocycles. The standard InChI is InChI=1S/C21H18ClFN2O3/c1-11-8-15-12(2)18(28-19(15)16(22)9-11)21(27)25-7-6-24-20(26)17(25)13-4-3-5-14(23)10-13/h3-5,8-10,17H,6-7H2,1-2H3,(H,24,26)/t17-/m1/s1. The zero-order valence-electron chi connectivity index (χ0n) is 15.4. The van der Waals surface area contributed by atoms with Crippen LogP contribution in [0.15, 0.2) is 40.8 Å². The maximum atomic E-state index is 13.7. The molecule has 5 nitrogen and oxygen atoms in total. The Bertz CT molecular complexity index is 1110. The quantitative estimate of drug-likeness (QED) is 0.702. The number of carbonyl (C=O) groups is 2. The van der Waals surface area contributed by atoms with E-state index < -0.39 is 17.8 Å². The molecule has 2 heterocycles. The molecule has 7 heteroatoms. The molecule has 0 unspecified atom stereocenters. The summed E-state index contributed by atoms with van der Waals surface area (Å²) in [5.74, 6) is -1.11. The number of hydrogen-bond donors (Lipinski definition) is 1. The van der Waals surface area contributed by atoms with Crippen LogP contribution in [0.25, 0.3) is 11.0 Å². The van der Waals surface area contributed by atoms with Crippen LogP contribution in [0, 0.1) is 19.7 Å². The van der Waals surface area contributed by atoms with E-state index in [4.69, 9.17) is 16.0 Å². The summed E-state index contributed by atoms with van der Waals surface area (Å²) < 4.78 is 19.5. The second-order valence-electron chi connectivity index (χ2n) is 6.93. The summed E-state index contributed by atoms with van der Waals surface area (Å²) in [6.07, 6.45) is 0. The molecule has 2 amide bonds. The van der Waals surface area contributed by atoms with Crippen LogP contribution in [0.3, 0.4) is 0 Å². The SMILES string of the molecule is Cc1cc(Cl)c2oc(C(=O)N3CCNC(=O)[C@H]3c3cccc(F)c3)c(C)c2c1. The zero-order valence-corrected chi connectivity index (χ0v) is 16.1. The van der Waals surface area contributed by atoms with E-state index in [1.807, 2.05) is 13.0 Å². The maximum absolute atomic E-state index is 13.7. The summed E-state index contributed by atoms with van der Waals surface area (Å²) in [5, 5.41) is 3.92. The third kappa shape index (κ3) is 3.03. The van der Waals surface area contributed by atoms with Gasteiger partial charge in [-0.2, -0.15) is 0 Å². The average molecular weight is 401 g/mol. The molecule has 1 aromatic heterocycles. The van der Waals surface area contributed by atoms with Crippen LogP contribution in [-0.4, -0.2) is 29.8 Å². The monoisotopic (exact) mass is 400 g/mol. The van der Waals surface area contributed by atoms with Crippen molar-refractivity contribution in [1.29, 1.82) is 0 Å². The molecule has 28 heavy (non-hydrogen) atoms. The molecule has 2 aromatic carbocycles. The van der Waals surface area contributed by atoms with Gasteiger partial charge < -0.3 is 14.6 Å². The van der Waals surface area contributed by atoms with E-state index in [0.717, 1.165) is 10.9 Å². The van der Waals surface area contributed by atoms with Crippen LogP contribution in [0.1, 0.15) is 33.3 Å². The summed E-state index contributed by atoms with van der Waals surface area (Å²) in [5.41, 5.74) is 2.47. The predicted octanol–water partition coefficient (Wildman–Crippen LogP) is 4.16. The molecule has 4 rings (SSSR count). The fraction of sp³-hybridized carbons (Fsp3) is 0.238. The number of benzene rings is 2. The Labute approximate surface area is 166 Å². The molecule has 0 aliphatic carbocycles. The number of piperazine rings is 1. The van der Waals surface area contributed by atoms with Gasteiger partial charge >= 0.3 is 0 Å². The van der Waals surface area contributed by atoms with Crippen LogP contribution < -0.4 is 5.32 Å². The highest BCUT2D eigenvalue weighted by Crippen LogP contribution is 2.34. The van der Waals surface area contributed by atoms with Gasteiger partial charge in [0.1, 0.15) is 11.9 Å². The minimum atomic E-state index is -0.929. The highest BCUT2D eigenvalue weighted by Gasteiger charge is 2.37. The van der Waals surface area contributed by atoms with E-state index in [1.54, 1.807) is 19.1 Å². The minimum Gasteiger partial charge on any atom is -0.449 e. The van der Waals surface area contributed by atoms with Crippen molar-refractivity contribution in [1.82, 2.24) is 10.2 Å². The van der Waals surface area contributed by atoms with Gasteiger partial charge in [0.25, 0.3) is 5.91 Å². The lowest BCUT2D eigenvalue weighted by atomic mass is 10.0. The molecule has 1 N–H and O–H groups in total. The number of hydrogen-bond acceptors (Lipinski definition) is 3. The summed E-state index contributed by atoms with van der Waals surface area (Å²) in [7, 11) is 0. The number of rotatable bonds is 2. The first kappa shape index (κ1) is 18.5. The minimum absolute atomic E-state index is 0.138. The molecule has 1 saturated heterocycles. The zero-order chi connectivity index (χ0) is 20.0. The number of amides is 2. The van der Waals surface area contributed by atoms with Crippen molar-refractivity contribution in [2.45, 2.75) is 19.9 Å². The Kier molecular flexibility index (Phi) is 4.59. The maximum Gasteiger partial charge on any atom is 0.290 e. The molecular formula is C21H18ClFN2O3. The topological polar surface area (TPSA) is 62.6 Å². The molecular weight excluding hydrogens is 383 g/mol. The van der Waals surface area contributed by atoms with Crippen molar-refractivity contribution in [3.63, 3.8) is 0 Å². The third-order valence-corrected chi connectivity index (χ3v) is 5.25. The molecule has 1 atom stereocenters. The lowest BCUT2D eigenvalue weighted by Gasteiger charge is -2.34. The third-order valence-electron chi connectivity index (χ3n) is 4.97. The second kappa shape index (κ2) is 6.95. The summed E-state index contributed by atoms with van der Waals surface area (Å²) in [4.78, 5) is 27.3. The Morgan fingerprint density at radius 1 is 1.29 bits per heavy atom. The lowest BCUT2D eigenvalue weighted by Crippen LogP contribution is -2.52. The first-order chi connectivity index (χ1) is 13.4. The Morgan fingerprint density at radius 3 is 2.82 bits per heavy atom. The van der Waals surface area contributed by atoms with Crippen LogP contribution in [0.2, 0.25) is 5.02 Å². The fourth-order valence-corrected chi connectivity index (χ4v) is 3.95. The van der Waals surface area contributed by atoms with Crippen LogP contribution >= 0.6 is 11.6 Å². The Hall–Kier alpha value is -2.86. The highest BCUT2D eigenvalue weighted by atomic mass is 35.5. The summed E-state index contributed by atoms with van der Waals surface area (Å²) >= 11 is 6.28. The van der Waals surface area contributed by atoms with Crippen molar-refractivity contribution < 1.29 is 18.4 Å². The van der Waals surface area contributed by atoms with Crippen LogP contribution in [0.5, 0.6) is 0 Å². The normalized spacial score (nSPS) is 17.1. The molecule has 0 bridgehead atoms. The second-order valence-corrected chi connectivity index (χ2v) is 7.33. The van der Waals surface area contributed by atoms with E-state index >= 15 is 0 Å². The molecule has 0 radical (unpaired) electrons. The molecule has 1 fully saturated rings. The van der Waals surface area contributed by atoms with Gasteiger partial charge in [-0.05, 0) is 49.2 Å². The molecule has 144 valence electrons. The number of nitrogens with one attached hydrogen (secondary N) is 1. The number of carbonyl (C=O) groups excluding carboxylic acids is 2. The number of halogens is 2. The van der Waals surface area contributed by atoms with Gasteiger partial charge in [-0.1, -0.05) is 23.7 Å². The number of aryl methyl sites for hydroxylation is 2. The first-order valence-electron chi connectivity index (χ1n) is 8.90. The van der Waals surface area contributed by atoms with Crippen molar-refractivity contribution in [3.05, 3.63) is 69.7 Å². The van der Waals surface area contributed by atoms with Crippen molar-refractivity contribution in [3.8, 4) is 0 Å². The van der Waals surface area contributed by atoms with Crippen LogP contribution in [0.4, 0.5) is 4.39 Å². The van der Waals surface area contributed by atoms with Crippen molar-refractivity contribution in [2.75, 3.05) is 13.1 Å². The number of fused-ring (bicyclic) bond motifs is 1. The van der Waals surface area contributed by atoms with Gasteiger partial charge in [-0.25, -0.2) is 4.39 Å². The lowest BCUT2D eigenvalue weighted by molar-refractivity contribution is -0.128. The van der Waals surface area contributed by atoms with Gasteiger partial charge in [0.05, 0.1) is 5.02 Å². The van der Waals surface area contributed by atoms with Crippen LogP contribution in [-0.2, 0) is 4.79 Å². The van der Waals surface area contributed by atoms with E-state index in [9.17, 15) is 14.0 Å². The summed E-state index contributed by atoms with van der Waals surface area (Å²) in [6.45, 7) is 4.30. The number of furan rings is 1. The van der Waals surface area contributed by atoms with Crippen molar-refractivity contribution >= 4 is 34.4 Å². The van der Waals surface area contributed by atoms with Crippen molar-refractivity contribution in [2.24, 2.45) is 0 Å². The highest BCUT2D eigenvalue weighted by molar-refractivity contribution is 6.35. The molecule has 0 spiro atoms. The van der Waals surface area contributed by atoms with Gasteiger partial charge in [-0.3, -0.25) is 9.59 Å². The molecule has 0 saturated carbocycles. The smallest absolute Gasteiger partial charge is 0.290 e. The Balaban J connectivity index is 1.79. The largest absolute Gasteiger partial charge is 0.449 e. The molecule has 3 aromatic rings. The van der Waals surface area contributed by atoms with Gasteiger partial charge in [-0.15, -0.1) is 0 Å². The van der Waals surface area contributed by atoms with E-state index in [-0.39, 0.29) is 18.2 Å². The van der Waals surface area contributed by atoms with Gasteiger partial charge in [0.15, 0.2) is 11.3 Å². The fourth-order valence-electron chi connectivity index (χ4n) is 3.64. The van der Waals surface area contributed by atoms with E-state index in [1.165, 1.54) is 23.1 Å². The molecule has 1 aliphatic rings. The Morgan fingerprint density at radius 2 is 2.07 bits per heavy atom. The van der Waals surface area contributed by atoms with Gasteiger partial charge in [0, 0.05) is 24.0 Å². The van der Waals surface area contributed by atoms with E-state index in [2.05, 4.69) is 5.32 Å². The van der Waals surface area contributed by atoms with Gasteiger partial charge in [0.2, 0.25) is 5.91 Å². The first-order valence-corrected chi connectivity index (χ1v) is 9.28. The number of nitrogens with zero attached hydrogens (tertiary/aromatic N) is 1. The predicted molar refractivity (Wildman–Crippen MR) is 104 cm³/mol.